The quantitative estimate of drug-likeness (QED) is 0.587. The summed E-state index contributed by atoms with van der Waals surface area (Å²) in [6.07, 6.45) is 7.06. The predicted molar refractivity (Wildman–Crippen MR) is 50.7 cm³/mol. The van der Waals surface area contributed by atoms with E-state index in [2.05, 4.69) is 11.2 Å². The Morgan fingerprint density at radius 1 is 1.73 bits per heavy atom. The fourth-order valence-electron chi connectivity index (χ4n) is 0.788. The summed E-state index contributed by atoms with van der Waals surface area (Å²) in [7, 11) is 0. The predicted octanol–water partition coefficient (Wildman–Crippen LogP) is 0.322. The third kappa shape index (κ3) is 4.31. The molecule has 0 aliphatic rings. The van der Waals surface area contributed by atoms with Crippen LogP contribution in [0, 0.1) is 12.3 Å². The molecule has 0 spiro atoms. The summed E-state index contributed by atoms with van der Waals surface area (Å²) in [4.78, 5) is 0. The molecule has 0 heterocycles. The van der Waals surface area contributed by atoms with E-state index in [1.165, 1.54) is 0 Å². The van der Waals surface area contributed by atoms with Crippen LogP contribution in [0.2, 0.25) is 0 Å². The first-order valence-electron chi connectivity index (χ1n) is 3.56. The first kappa shape index (κ1) is 10.8. The van der Waals surface area contributed by atoms with Crippen LogP contribution in [-0.4, -0.2) is 35.8 Å². The van der Waals surface area contributed by atoms with Crippen molar-refractivity contribution >= 4 is 11.8 Å². The van der Waals surface area contributed by atoms with E-state index in [1.807, 2.05) is 13.2 Å². The van der Waals surface area contributed by atoms with Crippen molar-refractivity contribution in [1.29, 1.82) is 0 Å². The van der Waals surface area contributed by atoms with Crippen molar-refractivity contribution in [2.24, 2.45) is 0 Å². The summed E-state index contributed by atoms with van der Waals surface area (Å²) in [5.41, 5.74) is 0. The fraction of sp³-hybridized carbons (Fsp3) is 0.750. The number of nitrogens with one attached hydrogen (secondary N) is 1. The van der Waals surface area contributed by atoms with Gasteiger partial charge in [-0.15, -0.1) is 6.42 Å². The topological polar surface area (TPSA) is 32.3 Å². The molecule has 0 aromatic rings. The van der Waals surface area contributed by atoms with Gasteiger partial charge in [-0.1, -0.05) is 5.92 Å². The molecule has 0 bridgehead atoms. The number of aliphatic hydroxyl groups excluding tert-OH is 1. The van der Waals surface area contributed by atoms with Gasteiger partial charge >= 0.3 is 0 Å². The van der Waals surface area contributed by atoms with Crippen molar-refractivity contribution in [3.63, 3.8) is 0 Å². The van der Waals surface area contributed by atoms with Crippen molar-refractivity contribution < 1.29 is 5.11 Å². The second kappa shape index (κ2) is 6.53. The lowest BCUT2D eigenvalue weighted by Gasteiger charge is -2.19. The third-order valence-electron chi connectivity index (χ3n) is 1.57. The van der Waals surface area contributed by atoms with Gasteiger partial charge in [-0.05, 0) is 13.2 Å². The van der Waals surface area contributed by atoms with Crippen molar-refractivity contribution in [2.45, 2.75) is 18.2 Å². The van der Waals surface area contributed by atoms with E-state index < -0.39 is 0 Å². The minimum absolute atomic E-state index is 0.194. The van der Waals surface area contributed by atoms with Crippen LogP contribution < -0.4 is 5.32 Å². The third-order valence-corrected chi connectivity index (χ3v) is 2.73. The number of terminal acetylenes is 1. The molecule has 2 atom stereocenters. The van der Waals surface area contributed by atoms with Gasteiger partial charge in [-0.2, -0.15) is 11.8 Å². The molecular weight excluding hydrogens is 158 g/mol. The van der Waals surface area contributed by atoms with Crippen LogP contribution in [0.25, 0.3) is 0 Å². The monoisotopic (exact) mass is 173 g/mol. The molecule has 0 fully saturated rings. The van der Waals surface area contributed by atoms with Crippen LogP contribution in [0.4, 0.5) is 0 Å². The van der Waals surface area contributed by atoms with Crippen LogP contribution in [0.3, 0.4) is 0 Å². The minimum Gasteiger partial charge on any atom is -0.395 e. The van der Waals surface area contributed by atoms with E-state index in [-0.39, 0.29) is 17.9 Å². The molecule has 11 heavy (non-hydrogen) atoms. The molecule has 0 aromatic heterocycles. The fourth-order valence-corrected chi connectivity index (χ4v) is 1.44. The minimum atomic E-state index is 0.194. The number of hydrogen-bond acceptors (Lipinski definition) is 3. The maximum atomic E-state index is 8.88. The van der Waals surface area contributed by atoms with Gasteiger partial charge in [0.15, 0.2) is 0 Å². The highest BCUT2D eigenvalue weighted by Gasteiger charge is 2.12. The van der Waals surface area contributed by atoms with Gasteiger partial charge in [0.25, 0.3) is 0 Å². The van der Waals surface area contributed by atoms with Crippen LogP contribution >= 0.6 is 11.8 Å². The van der Waals surface area contributed by atoms with Gasteiger partial charge in [0.05, 0.1) is 13.2 Å². The first-order chi connectivity index (χ1) is 5.26. The van der Waals surface area contributed by atoms with Gasteiger partial charge in [0, 0.05) is 11.3 Å². The van der Waals surface area contributed by atoms with Crippen LogP contribution in [0.15, 0.2) is 0 Å². The number of aliphatic hydroxyl groups is 1. The highest BCUT2D eigenvalue weighted by atomic mass is 32.2. The molecule has 0 aromatic carbocycles. The summed E-state index contributed by atoms with van der Waals surface area (Å²) in [6, 6.07) is 0.269. The highest BCUT2D eigenvalue weighted by molar-refractivity contribution is 7.99. The van der Waals surface area contributed by atoms with Crippen LogP contribution in [0.1, 0.15) is 6.92 Å². The van der Waals surface area contributed by atoms with E-state index in [0.29, 0.717) is 6.54 Å². The zero-order valence-corrected chi connectivity index (χ0v) is 7.82. The van der Waals surface area contributed by atoms with E-state index in [0.717, 1.165) is 0 Å². The number of hydrogen-bond donors (Lipinski definition) is 2. The van der Waals surface area contributed by atoms with Crippen molar-refractivity contribution in [1.82, 2.24) is 5.32 Å². The lowest BCUT2D eigenvalue weighted by atomic mass is 10.2. The molecule has 0 aliphatic heterocycles. The van der Waals surface area contributed by atoms with E-state index in [1.54, 1.807) is 11.8 Å². The van der Waals surface area contributed by atoms with Crippen LogP contribution in [-0.2, 0) is 0 Å². The summed E-state index contributed by atoms with van der Waals surface area (Å²) < 4.78 is 0. The average Bonchev–Trinajstić information content (AvgIpc) is 2.03. The number of rotatable bonds is 5. The second-order valence-corrected chi connectivity index (χ2v) is 3.41. The van der Waals surface area contributed by atoms with Crippen LogP contribution in [0.5, 0.6) is 0 Å². The van der Waals surface area contributed by atoms with Gasteiger partial charge in [-0.25, -0.2) is 0 Å². The van der Waals surface area contributed by atoms with E-state index in [9.17, 15) is 0 Å². The standard InChI is InChI=1S/C8H15NOS/c1-4-5-9-7(2)8(6-10)11-3/h1,7-10H,5-6H2,2-3H3. The van der Waals surface area contributed by atoms with Crippen molar-refractivity contribution in [3.05, 3.63) is 0 Å². The zero-order valence-electron chi connectivity index (χ0n) is 7.00. The molecule has 3 heteroatoms. The molecule has 0 radical (unpaired) electrons. The first-order valence-corrected chi connectivity index (χ1v) is 4.85. The number of thioether (sulfide) groups is 1. The Kier molecular flexibility index (Phi) is 6.43. The molecular formula is C8H15NOS. The van der Waals surface area contributed by atoms with Crippen molar-refractivity contribution in [3.8, 4) is 12.3 Å². The Hall–Kier alpha value is -0.170. The lowest BCUT2D eigenvalue weighted by Crippen LogP contribution is -2.37. The molecule has 64 valence electrons. The molecule has 2 nitrogen and oxygen atoms in total. The molecule has 0 amide bonds. The van der Waals surface area contributed by atoms with Gasteiger partial charge in [0.2, 0.25) is 0 Å². The largest absolute Gasteiger partial charge is 0.395 e. The highest BCUT2D eigenvalue weighted by Crippen LogP contribution is 2.09. The molecule has 2 unspecified atom stereocenters. The van der Waals surface area contributed by atoms with Gasteiger partial charge in [-0.3, -0.25) is 0 Å². The Labute approximate surface area is 72.8 Å². The molecule has 0 rings (SSSR count). The Morgan fingerprint density at radius 2 is 2.36 bits per heavy atom. The second-order valence-electron chi connectivity index (χ2n) is 2.33. The summed E-state index contributed by atoms with van der Waals surface area (Å²) in [6.45, 7) is 2.78. The molecule has 0 saturated carbocycles. The SMILES string of the molecule is C#CCNC(C)C(CO)SC. The summed E-state index contributed by atoms with van der Waals surface area (Å²) in [5, 5.41) is 12.2. The Morgan fingerprint density at radius 3 is 2.73 bits per heavy atom. The Bertz CT molecular complexity index is 129. The van der Waals surface area contributed by atoms with Crippen molar-refractivity contribution in [2.75, 3.05) is 19.4 Å². The molecule has 0 saturated heterocycles. The zero-order chi connectivity index (χ0) is 8.69. The van der Waals surface area contributed by atoms with Gasteiger partial charge in [0.1, 0.15) is 0 Å². The summed E-state index contributed by atoms with van der Waals surface area (Å²) >= 11 is 1.65. The summed E-state index contributed by atoms with van der Waals surface area (Å²) in [5.74, 6) is 2.50. The maximum absolute atomic E-state index is 8.88. The van der Waals surface area contributed by atoms with E-state index in [4.69, 9.17) is 11.5 Å². The molecule has 0 aliphatic carbocycles. The molecule has 2 N–H and O–H groups in total. The average molecular weight is 173 g/mol. The maximum Gasteiger partial charge on any atom is 0.0576 e. The van der Waals surface area contributed by atoms with E-state index >= 15 is 0 Å². The smallest absolute Gasteiger partial charge is 0.0576 e. The Balaban J connectivity index is 3.61. The normalized spacial score (nSPS) is 15.5. The lowest BCUT2D eigenvalue weighted by molar-refractivity contribution is 0.278. The van der Waals surface area contributed by atoms with Gasteiger partial charge < -0.3 is 10.4 Å².